The summed E-state index contributed by atoms with van der Waals surface area (Å²) in [4.78, 5) is 37.1. The highest BCUT2D eigenvalue weighted by Crippen LogP contribution is 2.31. The minimum absolute atomic E-state index is 0.0296. The highest BCUT2D eigenvalue weighted by molar-refractivity contribution is 7.81. The monoisotopic (exact) mass is 499 g/mol. The molecular weight excluding hydrogens is 470 g/mol. The lowest BCUT2D eigenvalue weighted by Crippen LogP contribution is -2.47. The van der Waals surface area contributed by atoms with Gasteiger partial charge in [-0.05, 0) is 43.2 Å². The fourth-order valence-electron chi connectivity index (χ4n) is 3.65. The van der Waals surface area contributed by atoms with Crippen LogP contribution < -0.4 is 10.5 Å². The Kier molecular flexibility index (Phi) is 7.68. The quantitative estimate of drug-likeness (QED) is 0.375. The number of rotatable bonds is 10. The predicted molar refractivity (Wildman–Crippen MR) is 117 cm³/mol. The lowest BCUT2D eigenvalue weighted by molar-refractivity contribution is -0.122. The molecule has 2 atom stereocenters. The van der Waals surface area contributed by atoms with Gasteiger partial charge in [0.15, 0.2) is 0 Å². The maximum absolute atomic E-state index is 12.5. The number of amides is 3. The number of para-hydroxylation sites is 1. The smallest absolute Gasteiger partial charge is 0.434 e. The number of ether oxygens (including phenoxy) is 2. The summed E-state index contributed by atoms with van der Waals surface area (Å²) >= 11 is 0. The van der Waals surface area contributed by atoms with Crippen molar-refractivity contribution in [3.8, 4) is 5.75 Å². The molecular formula is C21H29N3O9S. The molecule has 3 rings (SSSR count). The van der Waals surface area contributed by atoms with Gasteiger partial charge in [0.25, 0.3) is 0 Å². The maximum Gasteiger partial charge on any atom is 0.513 e. The van der Waals surface area contributed by atoms with E-state index in [0.717, 1.165) is 10.6 Å². The van der Waals surface area contributed by atoms with Gasteiger partial charge < -0.3 is 20.1 Å². The van der Waals surface area contributed by atoms with Crippen LogP contribution in [0.25, 0.3) is 0 Å². The Morgan fingerprint density at radius 2 is 1.91 bits per heavy atom. The van der Waals surface area contributed by atoms with Crippen LogP contribution in [-0.2, 0) is 28.4 Å². The van der Waals surface area contributed by atoms with Gasteiger partial charge in [0, 0.05) is 6.54 Å². The Bertz CT molecular complexity index is 1040. The van der Waals surface area contributed by atoms with Gasteiger partial charge in [0.2, 0.25) is 5.91 Å². The summed E-state index contributed by atoms with van der Waals surface area (Å²) in [6.07, 6.45) is 0.0912. The van der Waals surface area contributed by atoms with Crippen LogP contribution in [0.5, 0.6) is 5.75 Å². The van der Waals surface area contributed by atoms with Gasteiger partial charge in [-0.1, -0.05) is 32.0 Å². The zero-order valence-corrected chi connectivity index (χ0v) is 20.1. The van der Waals surface area contributed by atoms with E-state index in [4.69, 9.17) is 23.7 Å². The third-order valence-electron chi connectivity index (χ3n) is 5.70. The average Bonchev–Trinajstić information content (AvgIpc) is 2.98. The van der Waals surface area contributed by atoms with Gasteiger partial charge in [-0.25, -0.2) is 13.8 Å². The van der Waals surface area contributed by atoms with Gasteiger partial charge in [0.05, 0.1) is 19.3 Å². The number of nitrogens with two attached hydrogens (primary N) is 1. The standard InChI is InChI=1S/C21H29N3O9S/c1-14-6-4-5-7-17(14)32-20(27)30-11-10-21(2,3)13-31-34(28,29)33-24-15-8-9-16(18(22)25)23(12-15)19(24)26/h4-7,15-16H,8-13H2,1-3H3,(H2,22,25)/t15-,16+/m1/s1. The fourth-order valence-corrected chi connectivity index (χ4v) is 4.54. The molecule has 188 valence electrons. The molecule has 2 aliphatic heterocycles. The van der Waals surface area contributed by atoms with Gasteiger partial charge in [-0.2, -0.15) is 13.5 Å². The molecule has 13 heteroatoms. The van der Waals surface area contributed by atoms with Gasteiger partial charge in [-0.15, -0.1) is 4.28 Å². The number of hydroxylamine groups is 2. The van der Waals surface area contributed by atoms with Crippen molar-refractivity contribution in [2.24, 2.45) is 11.1 Å². The van der Waals surface area contributed by atoms with E-state index < -0.39 is 46.0 Å². The maximum atomic E-state index is 12.5. The molecule has 0 aliphatic carbocycles. The highest BCUT2D eigenvalue weighted by Gasteiger charge is 2.49. The molecule has 2 fully saturated rings. The molecule has 0 radical (unpaired) electrons. The fraction of sp³-hybridized carbons (Fsp3) is 0.571. The average molecular weight is 500 g/mol. The summed E-state index contributed by atoms with van der Waals surface area (Å²) in [6.45, 7) is 5.06. The van der Waals surface area contributed by atoms with Crippen LogP contribution in [0.1, 0.15) is 38.7 Å². The largest absolute Gasteiger partial charge is 0.513 e. The second kappa shape index (κ2) is 10.2. The first-order valence-electron chi connectivity index (χ1n) is 10.8. The van der Waals surface area contributed by atoms with E-state index in [0.29, 0.717) is 18.6 Å². The van der Waals surface area contributed by atoms with Crippen molar-refractivity contribution >= 4 is 28.5 Å². The summed E-state index contributed by atoms with van der Waals surface area (Å²) in [6, 6.07) is 4.91. The highest BCUT2D eigenvalue weighted by atomic mass is 32.3. The number of aryl methyl sites for hydroxylation is 1. The first-order chi connectivity index (χ1) is 15.9. The number of primary amides is 1. The summed E-state index contributed by atoms with van der Waals surface area (Å²) in [5, 5.41) is 0.718. The zero-order chi connectivity index (χ0) is 25.1. The van der Waals surface area contributed by atoms with Crippen LogP contribution in [0.2, 0.25) is 0 Å². The van der Waals surface area contributed by atoms with Crippen molar-refractivity contribution in [3.63, 3.8) is 0 Å². The van der Waals surface area contributed by atoms with Crippen LogP contribution in [0, 0.1) is 12.3 Å². The van der Waals surface area contributed by atoms with Crippen LogP contribution >= 0.6 is 0 Å². The molecule has 0 saturated carbocycles. The topological polar surface area (TPSA) is 155 Å². The molecule has 0 aromatic heterocycles. The Hall–Kier alpha value is -2.90. The summed E-state index contributed by atoms with van der Waals surface area (Å²) < 4.78 is 44.8. The number of hydrogen-bond donors (Lipinski definition) is 1. The minimum Gasteiger partial charge on any atom is -0.434 e. The van der Waals surface area contributed by atoms with E-state index in [9.17, 15) is 22.8 Å². The Morgan fingerprint density at radius 3 is 2.59 bits per heavy atom. The van der Waals surface area contributed by atoms with Gasteiger partial charge in [-0.3, -0.25) is 4.79 Å². The van der Waals surface area contributed by atoms with Crippen LogP contribution in [0.3, 0.4) is 0 Å². The lowest BCUT2D eigenvalue weighted by atomic mass is 9.91. The van der Waals surface area contributed by atoms with Crippen molar-refractivity contribution in [1.29, 1.82) is 0 Å². The van der Waals surface area contributed by atoms with E-state index in [2.05, 4.69) is 0 Å². The number of fused-ring (bicyclic) bond motifs is 2. The molecule has 2 aliphatic rings. The van der Waals surface area contributed by atoms with E-state index in [1.807, 2.05) is 6.07 Å². The summed E-state index contributed by atoms with van der Waals surface area (Å²) in [5.74, 6) is -0.266. The Morgan fingerprint density at radius 1 is 1.21 bits per heavy atom. The first kappa shape index (κ1) is 25.7. The van der Waals surface area contributed by atoms with Crippen LogP contribution in [0.4, 0.5) is 9.59 Å². The van der Waals surface area contributed by atoms with Crippen molar-refractivity contribution in [1.82, 2.24) is 9.96 Å². The van der Waals surface area contributed by atoms with Crippen molar-refractivity contribution in [3.05, 3.63) is 29.8 Å². The summed E-state index contributed by atoms with van der Waals surface area (Å²) in [7, 11) is -4.56. The lowest BCUT2D eigenvalue weighted by Gasteiger charge is -2.27. The summed E-state index contributed by atoms with van der Waals surface area (Å²) in [5.41, 5.74) is 5.37. The minimum atomic E-state index is -4.56. The molecule has 0 spiro atoms. The van der Waals surface area contributed by atoms with Gasteiger partial charge >= 0.3 is 22.6 Å². The number of nitrogens with zero attached hydrogens (tertiary/aromatic N) is 2. The molecule has 12 nitrogen and oxygen atoms in total. The Balaban J connectivity index is 1.45. The van der Waals surface area contributed by atoms with Crippen molar-refractivity contribution in [2.45, 2.75) is 52.1 Å². The van der Waals surface area contributed by atoms with E-state index in [1.165, 1.54) is 4.90 Å². The molecule has 1 aromatic carbocycles. The Labute approximate surface area is 198 Å². The van der Waals surface area contributed by atoms with Gasteiger partial charge in [0.1, 0.15) is 11.8 Å². The first-order valence-corrected chi connectivity index (χ1v) is 12.1. The SMILES string of the molecule is Cc1ccccc1OC(=O)OCCC(C)(C)COS(=O)(=O)ON1C(=O)N2C[C@H]1CC[C@H]2C(N)=O. The number of carbonyl (C=O) groups is 3. The van der Waals surface area contributed by atoms with Crippen LogP contribution in [-0.4, -0.2) is 68.3 Å². The third kappa shape index (κ3) is 6.36. The number of urea groups is 1. The molecule has 34 heavy (non-hydrogen) atoms. The molecule has 2 bridgehead atoms. The number of piperidine rings is 1. The normalized spacial score (nSPS) is 20.4. The molecule has 2 N–H and O–H groups in total. The third-order valence-corrected chi connectivity index (χ3v) is 6.45. The van der Waals surface area contributed by atoms with Crippen molar-refractivity contribution < 1.29 is 40.7 Å². The number of benzene rings is 1. The molecule has 2 saturated heterocycles. The second-order valence-electron chi connectivity index (χ2n) is 9.04. The molecule has 0 unspecified atom stereocenters. The number of hydrogen-bond acceptors (Lipinski definition) is 9. The number of carbonyl (C=O) groups excluding carboxylic acids is 3. The van der Waals surface area contributed by atoms with E-state index >= 15 is 0 Å². The molecule has 2 heterocycles. The van der Waals surface area contributed by atoms with Crippen molar-refractivity contribution in [2.75, 3.05) is 19.8 Å². The van der Waals surface area contributed by atoms with E-state index in [1.54, 1.807) is 39.0 Å². The second-order valence-corrected chi connectivity index (χ2v) is 10.2. The molecule has 1 aromatic rings. The zero-order valence-electron chi connectivity index (χ0n) is 19.3. The van der Waals surface area contributed by atoms with E-state index in [-0.39, 0.29) is 26.2 Å². The predicted octanol–water partition coefficient (Wildman–Crippen LogP) is 1.87. The van der Waals surface area contributed by atoms with Crippen LogP contribution in [0.15, 0.2) is 24.3 Å². The molecule has 3 amide bonds.